The minimum absolute atomic E-state index is 0.0408. The largest absolute Gasteiger partial charge is 0.351 e. The molecule has 1 aromatic carbocycles. The molecule has 3 atom stereocenters. The van der Waals surface area contributed by atoms with E-state index in [1.165, 1.54) is 6.42 Å². The summed E-state index contributed by atoms with van der Waals surface area (Å²) in [4.78, 5) is 29.5. The van der Waals surface area contributed by atoms with E-state index in [4.69, 9.17) is 0 Å². The Balaban J connectivity index is 1.54. The molecule has 1 fully saturated rings. The molecule has 1 aliphatic heterocycles. The standard InChI is InChI=1S/C26H31N3O2S/c1-17-8-4-6-10-19(17)15-29-24(30)22-14-23-21(12-13-32-23)28(22)16-26(29,3)25(31)27-20-11-7-5-9-18(20)2/h4,6,8,10,12-14,18,20H,5,7,9,11,15-16H2,1-3H3,(H,27,31)/t18-,20+,26-/m1/s1. The van der Waals surface area contributed by atoms with E-state index >= 15 is 0 Å². The number of nitrogens with zero attached hydrogens (tertiary/aromatic N) is 2. The van der Waals surface area contributed by atoms with E-state index in [1.54, 1.807) is 16.2 Å². The minimum Gasteiger partial charge on any atom is -0.351 e. The van der Waals surface area contributed by atoms with Gasteiger partial charge >= 0.3 is 0 Å². The molecule has 0 saturated heterocycles. The first-order chi connectivity index (χ1) is 15.4. The molecular formula is C26H31N3O2S. The smallest absolute Gasteiger partial charge is 0.271 e. The van der Waals surface area contributed by atoms with Gasteiger partial charge in [-0.3, -0.25) is 9.59 Å². The van der Waals surface area contributed by atoms with Gasteiger partial charge in [-0.2, -0.15) is 0 Å². The number of thiophene rings is 1. The van der Waals surface area contributed by atoms with Crippen LogP contribution in [0.5, 0.6) is 0 Å². The number of benzene rings is 1. The van der Waals surface area contributed by atoms with Crippen molar-refractivity contribution in [3.05, 3.63) is 58.6 Å². The van der Waals surface area contributed by atoms with Crippen LogP contribution in [-0.2, 0) is 17.9 Å². The predicted molar refractivity (Wildman–Crippen MR) is 129 cm³/mol. The number of hydrogen-bond acceptors (Lipinski definition) is 3. The average molecular weight is 450 g/mol. The SMILES string of the molecule is Cc1ccccc1CN1C(=O)c2cc3sccc3n2C[C@]1(C)C(=O)N[C@H]1CCCC[C@H]1C. The summed E-state index contributed by atoms with van der Waals surface area (Å²) in [6.45, 7) is 7.11. The van der Waals surface area contributed by atoms with Crippen LogP contribution < -0.4 is 5.32 Å². The molecule has 5 nitrogen and oxygen atoms in total. The number of rotatable bonds is 4. The summed E-state index contributed by atoms with van der Waals surface area (Å²) in [6.07, 6.45) is 4.53. The Labute approximate surface area is 193 Å². The van der Waals surface area contributed by atoms with E-state index in [0.717, 1.165) is 40.6 Å². The highest BCUT2D eigenvalue weighted by Crippen LogP contribution is 2.36. The van der Waals surface area contributed by atoms with E-state index < -0.39 is 5.54 Å². The molecule has 0 spiro atoms. The maximum absolute atomic E-state index is 13.9. The van der Waals surface area contributed by atoms with Crippen LogP contribution in [0.4, 0.5) is 0 Å². The molecule has 0 bridgehead atoms. The van der Waals surface area contributed by atoms with Crippen LogP contribution in [0, 0.1) is 12.8 Å². The van der Waals surface area contributed by atoms with Crippen molar-refractivity contribution in [3.63, 3.8) is 0 Å². The van der Waals surface area contributed by atoms with E-state index in [1.807, 2.05) is 35.1 Å². The molecule has 1 saturated carbocycles. The van der Waals surface area contributed by atoms with Gasteiger partial charge in [0.25, 0.3) is 5.91 Å². The second-order valence-electron chi connectivity index (χ2n) is 9.72. The van der Waals surface area contributed by atoms with Crippen molar-refractivity contribution in [1.29, 1.82) is 0 Å². The maximum atomic E-state index is 13.9. The Morgan fingerprint density at radius 3 is 2.78 bits per heavy atom. The van der Waals surface area contributed by atoms with Gasteiger partial charge in [-0.15, -0.1) is 11.3 Å². The highest BCUT2D eigenvalue weighted by Gasteiger charge is 2.48. The van der Waals surface area contributed by atoms with Crippen LogP contribution in [0.25, 0.3) is 10.2 Å². The van der Waals surface area contributed by atoms with Crippen LogP contribution in [0.2, 0.25) is 0 Å². The average Bonchev–Trinajstić information content (AvgIpc) is 3.36. The van der Waals surface area contributed by atoms with Gasteiger partial charge in [0.15, 0.2) is 0 Å². The fraction of sp³-hybridized carbons (Fsp3) is 0.462. The van der Waals surface area contributed by atoms with Crippen molar-refractivity contribution in [3.8, 4) is 0 Å². The minimum atomic E-state index is -0.961. The third kappa shape index (κ3) is 3.45. The highest BCUT2D eigenvalue weighted by atomic mass is 32.1. The van der Waals surface area contributed by atoms with Gasteiger partial charge in [-0.25, -0.2) is 0 Å². The Kier molecular flexibility index (Phi) is 5.36. The zero-order valence-electron chi connectivity index (χ0n) is 19.1. The third-order valence-electron chi connectivity index (χ3n) is 7.56. The number of carbonyl (C=O) groups is 2. The fourth-order valence-corrected chi connectivity index (χ4v) is 6.16. The first-order valence-corrected chi connectivity index (χ1v) is 12.5. The lowest BCUT2D eigenvalue weighted by Crippen LogP contribution is -2.65. The number of hydrogen-bond donors (Lipinski definition) is 1. The molecule has 2 aliphatic rings. The summed E-state index contributed by atoms with van der Waals surface area (Å²) in [7, 11) is 0. The zero-order chi connectivity index (χ0) is 22.5. The van der Waals surface area contributed by atoms with Crippen molar-refractivity contribution in [2.45, 2.75) is 71.1 Å². The highest BCUT2D eigenvalue weighted by molar-refractivity contribution is 7.17. The van der Waals surface area contributed by atoms with E-state index in [0.29, 0.717) is 24.7 Å². The monoisotopic (exact) mass is 449 g/mol. The summed E-state index contributed by atoms with van der Waals surface area (Å²) in [5.74, 6) is 0.351. The van der Waals surface area contributed by atoms with E-state index in [9.17, 15) is 9.59 Å². The summed E-state index contributed by atoms with van der Waals surface area (Å²) >= 11 is 1.64. The van der Waals surface area contributed by atoms with Gasteiger partial charge < -0.3 is 14.8 Å². The molecule has 3 aromatic rings. The summed E-state index contributed by atoms with van der Waals surface area (Å²) in [6, 6.07) is 12.3. The van der Waals surface area contributed by atoms with Crippen LogP contribution in [0.3, 0.4) is 0 Å². The number of nitrogens with one attached hydrogen (secondary N) is 1. The molecule has 5 rings (SSSR count). The lowest BCUT2D eigenvalue weighted by molar-refractivity contribution is -0.134. The third-order valence-corrected chi connectivity index (χ3v) is 8.41. The normalized spacial score (nSPS) is 25.7. The van der Waals surface area contributed by atoms with Crippen molar-refractivity contribution < 1.29 is 9.59 Å². The fourth-order valence-electron chi connectivity index (χ4n) is 5.33. The number of fused-ring (bicyclic) bond motifs is 3. The molecule has 2 aromatic heterocycles. The first kappa shape index (κ1) is 21.3. The topological polar surface area (TPSA) is 54.3 Å². The quantitative estimate of drug-likeness (QED) is 0.601. The van der Waals surface area contributed by atoms with E-state index in [-0.39, 0.29) is 17.9 Å². The first-order valence-electron chi connectivity index (χ1n) is 11.6. The molecule has 0 radical (unpaired) electrons. The van der Waals surface area contributed by atoms with Gasteiger partial charge in [0.2, 0.25) is 5.91 Å². The lowest BCUT2D eigenvalue weighted by Gasteiger charge is -2.45. The predicted octanol–water partition coefficient (Wildman–Crippen LogP) is 5.12. The second kappa shape index (κ2) is 8.07. The molecular weight excluding hydrogens is 418 g/mol. The Morgan fingerprint density at radius 1 is 1.22 bits per heavy atom. The van der Waals surface area contributed by atoms with Crippen molar-refractivity contribution in [2.75, 3.05) is 0 Å². The molecule has 1 N–H and O–H groups in total. The molecule has 6 heteroatoms. The Bertz CT molecular complexity index is 1180. The summed E-state index contributed by atoms with van der Waals surface area (Å²) < 4.78 is 3.14. The number of amides is 2. The lowest BCUT2D eigenvalue weighted by atomic mass is 9.84. The number of aryl methyl sites for hydroxylation is 1. The van der Waals surface area contributed by atoms with Crippen molar-refractivity contribution >= 4 is 33.4 Å². The van der Waals surface area contributed by atoms with E-state index in [2.05, 4.69) is 37.4 Å². The number of carbonyl (C=O) groups excluding carboxylic acids is 2. The molecule has 168 valence electrons. The van der Waals surface area contributed by atoms with Gasteiger partial charge in [-0.1, -0.05) is 44.0 Å². The summed E-state index contributed by atoms with van der Waals surface area (Å²) in [5.41, 5.74) is 2.96. The van der Waals surface area contributed by atoms with Gasteiger partial charge in [-0.05, 0) is 61.2 Å². The Morgan fingerprint density at radius 2 is 2.00 bits per heavy atom. The second-order valence-corrected chi connectivity index (χ2v) is 10.7. The molecule has 2 amide bonds. The molecule has 1 aliphatic carbocycles. The van der Waals surface area contributed by atoms with Crippen LogP contribution in [0.15, 0.2) is 41.8 Å². The zero-order valence-corrected chi connectivity index (χ0v) is 19.9. The molecule has 0 unspecified atom stereocenters. The van der Waals surface area contributed by atoms with Crippen LogP contribution in [0.1, 0.15) is 61.1 Å². The summed E-state index contributed by atoms with van der Waals surface area (Å²) in [5, 5.41) is 5.40. The maximum Gasteiger partial charge on any atom is 0.271 e. The van der Waals surface area contributed by atoms with Crippen LogP contribution >= 0.6 is 11.3 Å². The van der Waals surface area contributed by atoms with Crippen molar-refractivity contribution in [1.82, 2.24) is 14.8 Å². The van der Waals surface area contributed by atoms with Gasteiger partial charge in [0, 0.05) is 12.6 Å². The number of aromatic nitrogens is 1. The Hall–Kier alpha value is -2.60. The van der Waals surface area contributed by atoms with Crippen molar-refractivity contribution in [2.24, 2.45) is 5.92 Å². The van der Waals surface area contributed by atoms with Crippen LogP contribution in [-0.4, -0.2) is 32.9 Å². The van der Waals surface area contributed by atoms with Gasteiger partial charge in [0.1, 0.15) is 11.2 Å². The molecule has 3 heterocycles. The van der Waals surface area contributed by atoms with Gasteiger partial charge in [0.05, 0.1) is 16.8 Å². The molecule has 32 heavy (non-hydrogen) atoms.